The van der Waals surface area contributed by atoms with Gasteiger partial charge >= 0.3 is 0 Å². The van der Waals surface area contributed by atoms with Crippen LogP contribution in [0.2, 0.25) is 0 Å². The third-order valence-corrected chi connectivity index (χ3v) is 4.75. The molecule has 0 saturated carbocycles. The summed E-state index contributed by atoms with van der Waals surface area (Å²) in [7, 11) is -3.11. The molecule has 0 radical (unpaired) electrons. The third kappa shape index (κ3) is 2.72. The molecule has 7 heteroatoms. The zero-order valence-electron chi connectivity index (χ0n) is 8.85. The molecule has 3 atom stereocenters. The van der Waals surface area contributed by atoms with Crippen LogP contribution in [0.1, 0.15) is 12.8 Å². The fourth-order valence-electron chi connectivity index (χ4n) is 2.17. The lowest BCUT2D eigenvalue weighted by Crippen LogP contribution is -2.52. The van der Waals surface area contributed by atoms with Gasteiger partial charge < -0.3 is 15.7 Å². The van der Waals surface area contributed by atoms with Crippen molar-refractivity contribution in [1.29, 1.82) is 0 Å². The van der Waals surface area contributed by atoms with Crippen LogP contribution in [0, 0.1) is 0 Å². The van der Waals surface area contributed by atoms with Gasteiger partial charge in [0, 0.05) is 25.0 Å². The number of aliphatic hydroxyl groups excluding tert-OH is 1. The molecule has 6 nitrogen and oxygen atoms in total. The molecule has 92 valence electrons. The molecule has 0 aromatic heterocycles. The number of amides is 1. The Kier molecular flexibility index (Phi) is 3.18. The van der Waals surface area contributed by atoms with Crippen LogP contribution in [0.5, 0.6) is 0 Å². The molecule has 2 fully saturated rings. The highest BCUT2D eigenvalue weighted by atomic mass is 32.2. The summed E-state index contributed by atoms with van der Waals surface area (Å²) in [5.74, 6) is -0.153. The number of sulfone groups is 1. The first-order chi connectivity index (χ1) is 7.46. The van der Waals surface area contributed by atoms with Crippen LogP contribution >= 0.6 is 0 Å². The highest BCUT2D eigenvalue weighted by molar-refractivity contribution is 7.91. The summed E-state index contributed by atoms with van der Waals surface area (Å²) < 4.78 is 22.6. The summed E-state index contributed by atoms with van der Waals surface area (Å²) in [5, 5.41) is 15.4. The van der Waals surface area contributed by atoms with Crippen molar-refractivity contribution >= 4 is 15.7 Å². The van der Waals surface area contributed by atoms with E-state index in [4.69, 9.17) is 0 Å². The molecule has 16 heavy (non-hydrogen) atoms. The molecule has 0 aliphatic carbocycles. The molecule has 0 bridgehead atoms. The van der Waals surface area contributed by atoms with Gasteiger partial charge in [0.25, 0.3) is 0 Å². The number of carbonyl (C=O) groups is 1. The third-order valence-electron chi connectivity index (χ3n) is 3.04. The van der Waals surface area contributed by atoms with E-state index in [1.807, 2.05) is 0 Å². The lowest BCUT2D eigenvalue weighted by atomic mass is 10.1. The maximum atomic E-state index is 11.3. The first kappa shape index (κ1) is 11.8. The fraction of sp³-hybridized carbons (Fsp3) is 0.889. The van der Waals surface area contributed by atoms with E-state index in [0.29, 0.717) is 19.4 Å². The molecule has 0 spiro atoms. The smallest absolute Gasteiger partial charge is 0.220 e. The normalized spacial score (nSPS) is 38.3. The van der Waals surface area contributed by atoms with Crippen molar-refractivity contribution in [3.8, 4) is 0 Å². The Bertz CT molecular complexity index is 371. The molecule has 3 unspecified atom stereocenters. The van der Waals surface area contributed by atoms with Crippen LogP contribution < -0.4 is 10.6 Å². The Balaban J connectivity index is 1.88. The minimum atomic E-state index is -3.11. The van der Waals surface area contributed by atoms with Crippen LogP contribution in [0.25, 0.3) is 0 Å². The maximum absolute atomic E-state index is 11.3. The summed E-state index contributed by atoms with van der Waals surface area (Å²) >= 11 is 0. The van der Waals surface area contributed by atoms with Crippen molar-refractivity contribution in [2.75, 3.05) is 18.1 Å². The average Bonchev–Trinajstić information content (AvgIpc) is 2.44. The molecule has 0 aromatic rings. The molecular formula is C9H16N2O4S. The first-order valence-electron chi connectivity index (χ1n) is 5.37. The number of aliphatic hydroxyl groups is 1. The van der Waals surface area contributed by atoms with Crippen molar-refractivity contribution < 1.29 is 18.3 Å². The second-order valence-corrected chi connectivity index (χ2v) is 6.61. The summed E-state index contributed by atoms with van der Waals surface area (Å²) in [6.45, 7) is 0.502. The summed E-state index contributed by atoms with van der Waals surface area (Å²) in [4.78, 5) is 10.9. The Labute approximate surface area is 94.3 Å². The molecule has 2 heterocycles. The zero-order chi connectivity index (χ0) is 11.8. The van der Waals surface area contributed by atoms with Crippen LogP contribution in [-0.4, -0.2) is 55.7 Å². The van der Waals surface area contributed by atoms with E-state index in [9.17, 15) is 18.3 Å². The average molecular weight is 248 g/mol. The van der Waals surface area contributed by atoms with Gasteiger partial charge in [0.1, 0.15) is 0 Å². The van der Waals surface area contributed by atoms with Crippen LogP contribution in [0.4, 0.5) is 0 Å². The molecule has 3 N–H and O–H groups in total. The minimum Gasteiger partial charge on any atom is -0.390 e. The highest BCUT2D eigenvalue weighted by Gasteiger charge is 2.37. The lowest BCUT2D eigenvalue weighted by molar-refractivity contribution is -0.122. The van der Waals surface area contributed by atoms with Crippen molar-refractivity contribution in [1.82, 2.24) is 10.6 Å². The molecule has 0 aromatic carbocycles. The number of carbonyl (C=O) groups excluding carboxylic acids is 1. The van der Waals surface area contributed by atoms with Gasteiger partial charge in [0.2, 0.25) is 5.91 Å². The van der Waals surface area contributed by atoms with Crippen LogP contribution in [0.3, 0.4) is 0 Å². The first-order valence-corrected chi connectivity index (χ1v) is 7.20. The van der Waals surface area contributed by atoms with Crippen molar-refractivity contribution in [3.63, 3.8) is 0 Å². The summed E-state index contributed by atoms with van der Waals surface area (Å²) in [5.41, 5.74) is 0. The predicted octanol–water partition coefficient (Wildman–Crippen LogP) is -1.99. The zero-order valence-corrected chi connectivity index (χ0v) is 9.66. The largest absolute Gasteiger partial charge is 0.390 e. The molecule has 1 amide bonds. The summed E-state index contributed by atoms with van der Waals surface area (Å²) in [6.07, 6.45) is 0.310. The monoisotopic (exact) mass is 248 g/mol. The van der Waals surface area contributed by atoms with Gasteiger partial charge in [-0.2, -0.15) is 0 Å². The van der Waals surface area contributed by atoms with E-state index >= 15 is 0 Å². The van der Waals surface area contributed by atoms with Gasteiger partial charge in [-0.05, 0) is 6.42 Å². The van der Waals surface area contributed by atoms with Gasteiger partial charge in [0.15, 0.2) is 9.84 Å². The van der Waals surface area contributed by atoms with Gasteiger partial charge in [0.05, 0.1) is 17.6 Å². The summed E-state index contributed by atoms with van der Waals surface area (Å²) in [6, 6.07) is -0.337. The van der Waals surface area contributed by atoms with Crippen LogP contribution in [-0.2, 0) is 14.6 Å². The fourth-order valence-corrected chi connectivity index (χ4v) is 3.92. The second-order valence-electron chi connectivity index (χ2n) is 4.46. The van der Waals surface area contributed by atoms with E-state index < -0.39 is 22.0 Å². The van der Waals surface area contributed by atoms with E-state index in [2.05, 4.69) is 10.6 Å². The van der Waals surface area contributed by atoms with Crippen molar-refractivity contribution in [2.24, 2.45) is 0 Å². The number of piperidine rings is 1. The van der Waals surface area contributed by atoms with Crippen LogP contribution in [0.15, 0.2) is 0 Å². The van der Waals surface area contributed by atoms with Crippen molar-refractivity contribution in [3.05, 3.63) is 0 Å². The maximum Gasteiger partial charge on any atom is 0.220 e. The molecule has 2 rings (SSSR count). The van der Waals surface area contributed by atoms with Gasteiger partial charge in [-0.3, -0.25) is 4.79 Å². The molecule has 2 aliphatic rings. The number of rotatable bonds is 2. The Hall–Kier alpha value is -0.660. The number of hydrogen-bond acceptors (Lipinski definition) is 5. The Morgan fingerprint density at radius 1 is 1.38 bits per heavy atom. The standard InChI is InChI=1S/C9H16N2O4S/c12-8-5-16(14,15)4-7(8)11-6-1-2-9(13)10-3-6/h6-8,11-12H,1-5H2,(H,10,13). The Morgan fingerprint density at radius 3 is 2.62 bits per heavy atom. The van der Waals surface area contributed by atoms with E-state index in [-0.39, 0.29) is 23.5 Å². The molecule has 2 aliphatic heterocycles. The van der Waals surface area contributed by atoms with Gasteiger partial charge in [-0.15, -0.1) is 0 Å². The SMILES string of the molecule is O=C1CCC(NC2CS(=O)(=O)CC2O)CN1. The van der Waals surface area contributed by atoms with E-state index in [0.717, 1.165) is 0 Å². The topological polar surface area (TPSA) is 95.5 Å². The number of hydrogen-bond donors (Lipinski definition) is 3. The molecule has 2 saturated heterocycles. The highest BCUT2D eigenvalue weighted by Crippen LogP contribution is 2.14. The quantitative estimate of drug-likeness (QED) is 0.526. The van der Waals surface area contributed by atoms with Gasteiger partial charge in [-0.1, -0.05) is 0 Å². The minimum absolute atomic E-state index is 0.0153. The second kappa shape index (κ2) is 4.31. The van der Waals surface area contributed by atoms with Crippen molar-refractivity contribution in [2.45, 2.75) is 31.0 Å². The van der Waals surface area contributed by atoms with E-state index in [1.165, 1.54) is 0 Å². The number of nitrogens with one attached hydrogen (secondary N) is 2. The predicted molar refractivity (Wildman–Crippen MR) is 57.6 cm³/mol. The molecular weight excluding hydrogens is 232 g/mol. The van der Waals surface area contributed by atoms with E-state index in [1.54, 1.807) is 0 Å². The van der Waals surface area contributed by atoms with Gasteiger partial charge in [-0.25, -0.2) is 8.42 Å². The Morgan fingerprint density at radius 2 is 2.12 bits per heavy atom. The lowest BCUT2D eigenvalue weighted by Gasteiger charge is -2.27.